The van der Waals surface area contributed by atoms with Gasteiger partial charge >= 0.3 is 12.1 Å². The molecule has 0 aliphatic carbocycles. The van der Waals surface area contributed by atoms with Crippen LogP contribution in [0, 0.1) is 6.92 Å². The number of oxazole rings is 1. The lowest BCUT2D eigenvalue weighted by atomic mass is 10.4. The quantitative estimate of drug-likeness (QED) is 0.738. The van der Waals surface area contributed by atoms with Gasteiger partial charge in [0.25, 0.3) is 0 Å². The molecule has 1 amide bonds. The highest BCUT2D eigenvalue weighted by atomic mass is 16.5. The highest BCUT2D eigenvalue weighted by Gasteiger charge is 2.15. The SMILES string of the molecule is C=CCOC(=O)NCCc1nc(C(=O)O)c(C)o1. The highest BCUT2D eigenvalue weighted by Crippen LogP contribution is 2.09. The summed E-state index contributed by atoms with van der Waals surface area (Å²) in [6, 6.07) is 0. The summed E-state index contributed by atoms with van der Waals surface area (Å²) in [7, 11) is 0. The van der Waals surface area contributed by atoms with E-state index in [-0.39, 0.29) is 36.9 Å². The third-order valence-electron chi connectivity index (χ3n) is 1.98. The number of aromatic carboxylic acids is 1. The number of carbonyl (C=O) groups is 2. The van der Waals surface area contributed by atoms with Crippen molar-refractivity contribution in [1.29, 1.82) is 0 Å². The number of alkyl carbamates (subject to hydrolysis) is 1. The minimum absolute atomic E-state index is 0.112. The minimum atomic E-state index is -1.14. The molecule has 18 heavy (non-hydrogen) atoms. The Morgan fingerprint density at radius 1 is 1.61 bits per heavy atom. The van der Waals surface area contributed by atoms with E-state index < -0.39 is 12.1 Å². The Hall–Kier alpha value is -2.31. The number of carboxylic acids is 1. The fourth-order valence-corrected chi connectivity index (χ4v) is 1.21. The van der Waals surface area contributed by atoms with E-state index in [0.717, 1.165) is 0 Å². The molecule has 0 fully saturated rings. The van der Waals surface area contributed by atoms with Gasteiger partial charge in [-0.1, -0.05) is 12.7 Å². The monoisotopic (exact) mass is 254 g/mol. The van der Waals surface area contributed by atoms with Crippen LogP contribution in [0.15, 0.2) is 17.1 Å². The molecule has 1 rings (SSSR count). The topological polar surface area (TPSA) is 102 Å². The van der Waals surface area contributed by atoms with Crippen molar-refractivity contribution >= 4 is 12.1 Å². The molecule has 0 aromatic carbocycles. The molecule has 7 heteroatoms. The van der Waals surface area contributed by atoms with Gasteiger partial charge < -0.3 is 19.6 Å². The van der Waals surface area contributed by atoms with Crippen molar-refractivity contribution in [2.75, 3.05) is 13.2 Å². The number of carbonyl (C=O) groups excluding carboxylic acids is 1. The van der Waals surface area contributed by atoms with Crippen molar-refractivity contribution in [3.05, 3.63) is 30.0 Å². The zero-order valence-corrected chi connectivity index (χ0v) is 9.93. The van der Waals surface area contributed by atoms with Crippen molar-refractivity contribution in [2.24, 2.45) is 0 Å². The Balaban J connectivity index is 2.40. The lowest BCUT2D eigenvalue weighted by Gasteiger charge is -2.02. The Bertz CT molecular complexity index is 452. The predicted molar refractivity (Wildman–Crippen MR) is 61.5 cm³/mol. The fraction of sp³-hybridized carbons (Fsp3) is 0.364. The molecule has 98 valence electrons. The third-order valence-corrected chi connectivity index (χ3v) is 1.98. The number of hydrogen-bond acceptors (Lipinski definition) is 5. The second-order valence-electron chi connectivity index (χ2n) is 3.38. The number of hydrogen-bond donors (Lipinski definition) is 2. The van der Waals surface area contributed by atoms with Crippen LogP contribution in [0.5, 0.6) is 0 Å². The van der Waals surface area contributed by atoms with Gasteiger partial charge in [0.05, 0.1) is 0 Å². The molecular weight excluding hydrogens is 240 g/mol. The van der Waals surface area contributed by atoms with Crippen molar-refractivity contribution < 1.29 is 23.8 Å². The van der Waals surface area contributed by atoms with Gasteiger partial charge in [-0.25, -0.2) is 14.6 Å². The van der Waals surface area contributed by atoms with Crippen LogP contribution >= 0.6 is 0 Å². The molecule has 0 unspecified atom stereocenters. The van der Waals surface area contributed by atoms with Crippen LogP contribution in [-0.4, -0.2) is 35.3 Å². The van der Waals surface area contributed by atoms with Crippen LogP contribution < -0.4 is 5.32 Å². The Kier molecular flexibility index (Phi) is 4.91. The average molecular weight is 254 g/mol. The summed E-state index contributed by atoms with van der Waals surface area (Å²) < 4.78 is 9.82. The summed E-state index contributed by atoms with van der Waals surface area (Å²) >= 11 is 0. The van der Waals surface area contributed by atoms with Crippen LogP contribution in [0.2, 0.25) is 0 Å². The van der Waals surface area contributed by atoms with E-state index in [9.17, 15) is 9.59 Å². The maximum Gasteiger partial charge on any atom is 0.407 e. The lowest BCUT2D eigenvalue weighted by Crippen LogP contribution is -2.26. The standard InChI is InChI=1S/C11H14N2O5/c1-3-6-17-11(16)12-5-4-8-13-9(10(14)15)7(2)18-8/h3H,1,4-6H2,2H3,(H,12,16)(H,14,15). The van der Waals surface area contributed by atoms with Crippen LogP contribution in [0.3, 0.4) is 0 Å². The van der Waals surface area contributed by atoms with Crippen molar-refractivity contribution in [3.8, 4) is 0 Å². The summed E-state index contributed by atoms with van der Waals surface area (Å²) in [5.74, 6) is -0.637. The first-order valence-electron chi connectivity index (χ1n) is 5.25. The molecular formula is C11H14N2O5. The van der Waals surface area contributed by atoms with Crippen LogP contribution in [0.1, 0.15) is 22.1 Å². The molecule has 2 N–H and O–H groups in total. The van der Waals surface area contributed by atoms with Gasteiger partial charge in [0, 0.05) is 13.0 Å². The van der Waals surface area contributed by atoms with E-state index in [1.54, 1.807) is 0 Å². The zero-order valence-electron chi connectivity index (χ0n) is 9.93. The van der Waals surface area contributed by atoms with Gasteiger partial charge in [0.15, 0.2) is 11.6 Å². The first-order chi connectivity index (χ1) is 8.54. The first kappa shape index (κ1) is 13.8. The van der Waals surface area contributed by atoms with Gasteiger partial charge in [0.1, 0.15) is 12.4 Å². The Labute approximate surface area is 103 Å². The molecule has 0 aliphatic heterocycles. The molecule has 1 heterocycles. The van der Waals surface area contributed by atoms with Crippen LogP contribution in [0.4, 0.5) is 4.79 Å². The molecule has 0 radical (unpaired) electrons. The number of aromatic nitrogens is 1. The van der Waals surface area contributed by atoms with E-state index in [2.05, 4.69) is 21.6 Å². The number of amides is 1. The molecule has 7 nitrogen and oxygen atoms in total. The summed E-state index contributed by atoms with van der Waals surface area (Å²) in [4.78, 5) is 25.6. The number of ether oxygens (including phenoxy) is 1. The zero-order chi connectivity index (χ0) is 13.5. The smallest absolute Gasteiger partial charge is 0.407 e. The molecule has 1 aromatic heterocycles. The van der Waals surface area contributed by atoms with Gasteiger partial charge in [0.2, 0.25) is 0 Å². The lowest BCUT2D eigenvalue weighted by molar-refractivity contribution is 0.0689. The maximum absolute atomic E-state index is 11.0. The van der Waals surface area contributed by atoms with E-state index in [1.807, 2.05) is 0 Å². The number of aryl methyl sites for hydroxylation is 1. The van der Waals surface area contributed by atoms with Crippen LogP contribution in [-0.2, 0) is 11.2 Å². The van der Waals surface area contributed by atoms with Crippen molar-refractivity contribution in [1.82, 2.24) is 10.3 Å². The molecule has 0 spiro atoms. The average Bonchev–Trinajstić information content (AvgIpc) is 2.68. The Morgan fingerprint density at radius 2 is 2.33 bits per heavy atom. The third kappa shape index (κ3) is 3.93. The predicted octanol–water partition coefficient (Wildman–Crippen LogP) is 1.14. The van der Waals surface area contributed by atoms with E-state index in [0.29, 0.717) is 0 Å². The minimum Gasteiger partial charge on any atom is -0.476 e. The molecule has 0 atom stereocenters. The van der Waals surface area contributed by atoms with Crippen LogP contribution in [0.25, 0.3) is 0 Å². The molecule has 0 saturated heterocycles. The largest absolute Gasteiger partial charge is 0.476 e. The maximum atomic E-state index is 11.0. The summed E-state index contributed by atoms with van der Waals surface area (Å²) in [6.07, 6.45) is 1.17. The number of carboxylic acid groups (broad SMARTS) is 1. The fourth-order valence-electron chi connectivity index (χ4n) is 1.21. The van der Waals surface area contributed by atoms with E-state index in [1.165, 1.54) is 13.0 Å². The Morgan fingerprint density at radius 3 is 2.89 bits per heavy atom. The van der Waals surface area contributed by atoms with Gasteiger partial charge in [-0.05, 0) is 6.92 Å². The molecule has 0 saturated carbocycles. The van der Waals surface area contributed by atoms with Gasteiger partial charge in [-0.3, -0.25) is 0 Å². The van der Waals surface area contributed by atoms with Crippen molar-refractivity contribution in [2.45, 2.75) is 13.3 Å². The summed E-state index contributed by atoms with van der Waals surface area (Å²) in [5.41, 5.74) is -0.112. The number of nitrogens with zero attached hydrogens (tertiary/aromatic N) is 1. The van der Waals surface area contributed by atoms with E-state index >= 15 is 0 Å². The van der Waals surface area contributed by atoms with E-state index in [4.69, 9.17) is 9.52 Å². The van der Waals surface area contributed by atoms with Gasteiger partial charge in [-0.15, -0.1) is 0 Å². The number of rotatable bonds is 6. The second-order valence-corrected chi connectivity index (χ2v) is 3.38. The van der Waals surface area contributed by atoms with Crippen molar-refractivity contribution in [3.63, 3.8) is 0 Å². The first-order valence-corrected chi connectivity index (χ1v) is 5.25. The second kappa shape index (κ2) is 6.43. The molecule has 0 bridgehead atoms. The summed E-state index contributed by atoms with van der Waals surface area (Å²) in [5, 5.41) is 11.2. The number of nitrogens with one attached hydrogen (secondary N) is 1. The molecule has 0 aliphatic rings. The highest BCUT2D eigenvalue weighted by molar-refractivity contribution is 5.86. The molecule has 1 aromatic rings. The normalized spacial score (nSPS) is 9.83. The summed E-state index contributed by atoms with van der Waals surface area (Å²) in [6.45, 7) is 5.30. The van der Waals surface area contributed by atoms with Gasteiger partial charge in [-0.2, -0.15) is 0 Å².